The van der Waals surface area contributed by atoms with E-state index in [4.69, 9.17) is 5.73 Å². The van der Waals surface area contributed by atoms with Crippen molar-refractivity contribution in [3.05, 3.63) is 23.3 Å². The van der Waals surface area contributed by atoms with Gasteiger partial charge < -0.3 is 16.2 Å². The predicted octanol–water partition coefficient (Wildman–Crippen LogP) is 3.29. The van der Waals surface area contributed by atoms with Crippen molar-refractivity contribution in [3.8, 4) is 0 Å². The number of carbonyl (C=O) groups excluding carboxylic acids is 1. The quantitative estimate of drug-likeness (QED) is 0.672. The summed E-state index contributed by atoms with van der Waals surface area (Å²) in [4.78, 5) is 23.2. The Balaban J connectivity index is 2.89. The lowest BCUT2D eigenvalue weighted by molar-refractivity contribution is -0.116. The van der Waals surface area contributed by atoms with Crippen molar-refractivity contribution in [1.29, 1.82) is 0 Å². The van der Waals surface area contributed by atoms with Crippen molar-refractivity contribution in [1.82, 2.24) is 0 Å². The van der Waals surface area contributed by atoms with Crippen LogP contribution in [-0.4, -0.2) is 17.0 Å². The zero-order valence-electron chi connectivity index (χ0n) is 12.9. The Bertz CT molecular complexity index is 524. The van der Waals surface area contributed by atoms with Crippen LogP contribution in [0.2, 0.25) is 0 Å². The summed E-state index contributed by atoms with van der Waals surface area (Å²) in [7, 11) is 0. The molecule has 1 aromatic carbocycles. The number of carboxylic acids is 1. The topological polar surface area (TPSA) is 92.4 Å². The maximum Gasteiger partial charge on any atom is 0.336 e. The van der Waals surface area contributed by atoms with Crippen molar-refractivity contribution in [3.63, 3.8) is 0 Å². The number of anilines is 2. The minimum atomic E-state index is -1.01. The van der Waals surface area contributed by atoms with E-state index in [-0.39, 0.29) is 11.5 Å². The Morgan fingerprint density at radius 3 is 2.52 bits per heavy atom. The number of nitrogen functional groups attached to an aromatic ring is 1. The lowest BCUT2D eigenvalue weighted by Crippen LogP contribution is -2.16. The Kier molecular flexibility index (Phi) is 6.21. The number of hydrogen-bond donors (Lipinski definition) is 3. The molecule has 1 aromatic rings. The molecule has 4 N–H and O–H groups in total. The molecule has 0 saturated heterocycles. The SMILES string of the molecule is CCc1c(C(=O)O)ccc(N)c1NC(=O)CCCC(C)C. The smallest absolute Gasteiger partial charge is 0.336 e. The number of carbonyl (C=O) groups is 2. The third kappa shape index (κ3) is 4.77. The van der Waals surface area contributed by atoms with Gasteiger partial charge in [0.05, 0.1) is 16.9 Å². The molecular weight excluding hydrogens is 268 g/mol. The highest BCUT2D eigenvalue weighted by Gasteiger charge is 2.17. The molecule has 116 valence electrons. The fourth-order valence-electron chi connectivity index (χ4n) is 2.25. The van der Waals surface area contributed by atoms with Crippen molar-refractivity contribution in [2.75, 3.05) is 11.1 Å². The van der Waals surface area contributed by atoms with Crippen molar-refractivity contribution in [2.45, 2.75) is 46.5 Å². The van der Waals surface area contributed by atoms with Crippen LogP contribution in [-0.2, 0) is 11.2 Å². The van der Waals surface area contributed by atoms with Crippen LogP contribution in [0.4, 0.5) is 11.4 Å². The first-order valence-corrected chi connectivity index (χ1v) is 7.31. The molecule has 5 heteroatoms. The van der Waals surface area contributed by atoms with Gasteiger partial charge in [0.25, 0.3) is 0 Å². The van der Waals surface area contributed by atoms with Crippen molar-refractivity contribution in [2.24, 2.45) is 5.92 Å². The summed E-state index contributed by atoms with van der Waals surface area (Å²) in [6.45, 7) is 6.07. The molecule has 0 atom stereocenters. The van der Waals surface area contributed by atoms with Gasteiger partial charge in [0.1, 0.15) is 0 Å². The molecule has 0 aliphatic carbocycles. The van der Waals surface area contributed by atoms with Gasteiger partial charge in [-0.25, -0.2) is 4.79 Å². The molecule has 1 rings (SSSR count). The minimum Gasteiger partial charge on any atom is -0.478 e. The molecule has 5 nitrogen and oxygen atoms in total. The Hall–Kier alpha value is -2.04. The normalized spacial score (nSPS) is 10.7. The summed E-state index contributed by atoms with van der Waals surface area (Å²) >= 11 is 0. The standard InChI is InChI=1S/C16H24N2O3/c1-4-11-12(16(20)21)8-9-13(17)15(11)18-14(19)7-5-6-10(2)3/h8-10H,4-7,17H2,1-3H3,(H,18,19)(H,20,21). The number of rotatable bonds is 7. The number of aromatic carboxylic acids is 1. The van der Waals surface area contributed by atoms with Crippen LogP contribution in [0.25, 0.3) is 0 Å². The highest BCUT2D eigenvalue weighted by atomic mass is 16.4. The number of carboxylic acid groups (broad SMARTS) is 1. The summed E-state index contributed by atoms with van der Waals surface area (Å²) in [6.07, 6.45) is 2.70. The summed E-state index contributed by atoms with van der Waals surface area (Å²) < 4.78 is 0. The zero-order chi connectivity index (χ0) is 16.0. The van der Waals surface area contributed by atoms with Crippen LogP contribution in [0.1, 0.15) is 56.0 Å². The number of amides is 1. The first-order chi connectivity index (χ1) is 9.86. The lowest BCUT2D eigenvalue weighted by atomic mass is 10.0. The Morgan fingerprint density at radius 2 is 2.00 bits per heavy atom. The highest BCUT2D eigenvalue weighted by Crippen LogP contribution is 2.28. The molecule has 0 aliphatic rings. The lowest BCUT2D eigenvalue weighted by Gasteiger charge is -2.15. The third-order valence-corrected chi connectivity index (χ3v) is 3.38. The van der Waals surface area contributed by atoms with Crippen molar-refractivity contribution < 1.29 is 14.7 Å². The van der Waals surface area contributed by atoms with Gasteiger partial charge in [-0.05, 0) is 36.5 Å². The molecule has 0 aliphatic heterocycles. The average Bonchev–Trinajstić information content (AvgIpc) is 2.40. The van der Waals surface area contributed by atoms with E-state index in [1.807, 2.05) is 6.92 Å². The van der Waals surface area contributed by atoms with Gasteiger partial charge in [0.2, 0.25) is 5.91 Å². The molecular formula is C16H24N2O3. The predicted molar refractivity (Wildman–Crippen MR) is 84.5 cm³/mol. The van der Waals surface area contributed by atoms with Gasteiger partial charge >= 0.3 is 5.97 Å². The monoisotopic (exact) mass is 292 g/mol. The second-order valence-corrected chi connectivity index (χ2v) is 5.55. The van der Waals surface area contributed by atoms with E-state index < -0.39 is 5.97 Å². The molecule has 21 heavy (non-hydrogen) atoms. The van der Waals surface area contributed by atoms with E-state index in [9.17, 15) is 14.7 Å². The fourth-order valence-corrected chi connectivity index (χ4v) is 2.25. The second-order valence-electron chi connectivity index (χ2n) is 5.55. The third-order valence-electron chi connectivity index (χ3n) is 3.38. The molecule has 0 spiro atoms. The van der Waals surface area contributed by atoms with E-state index in [0.717, 1.165) is 12.8 Å². The van der Waals surface area contributed by atoms with E-state index in [0.29, 0.717) is 35.7 Å². The molecule has 0 bridgehead atoms. The zero-order valence-corrected chi connectivity index (χ0v) is 12.9. The van der Waals surface area contributed by atoms with Crippen LogP contribution in [0, 0.1) is 5.92 Å². The molecule has 1 amide bonds. The second kappa shape index (κ2) is 7.67. The van der Waals surface area contributed by atoms with Gasteiger partial charge in [-0.15, -0.1) is 0 Å². The van der Waals surface area contributed by atoms with Gasteiger partial charge in [0.15, 0.2) is 0 Å². The number of benzene rings is 1. The number of hydrogen-bond acceptors (Lipinski definition) is 3. The molecule has 0 unspecified atom stereocenters. The maximum absolute atomic E-state index is 12.0. The number of nitrogens with one attached hydrogen (secondary N) is 1. The first kappa shape index (κ1) is 17.0. The van der Waals surface area contributed by atoms with Crippen LogP contribution in [0.3, 0.4) is 0 Å². The van der Waals surface area contributed by atoms with Gasteiger partial charge in [-0.1, -0.05) is 27.2 Å². The average molecular weight is 292 g/mol. The fraction of sp³-hybridized carbons (Fsp3) is 0.500. The minimum absolute atomic E-state index is 0.125. The maximum atomic E-state index is 12.0. The summed E-state index contributed by atoms with van der Waals surface area (Å²) in [5.41, 5.74) is 7.47. The van der Waals surface area contributed by atoms with E-state index in [1.165, 1.54) is 12.1 Å². The van der Waals surface area contributed by atoms with Crippen LogP contribution in [0.5, 0.6) is 0 Å². The first-order valence-electron chi connectivity index (χ1n) is 7.31. The van der Waals surface area contributed by atoms with Crippen molar-refractivity contribution >= 4 is 23.3 Å². The molecule has 0 fully saturated rings. The molecule has 0 saturated carbocycles. The van der Waals surface area contributed by atoms with Crippen LogP contribution >= 0.6 is 0 Å². The summed E-state index contributed by atoms with van der Waals surface area (Å²) in [6, 6.07) is 3.00. The van der Waals surface area contributed by atoms with E-state index in [2.05, 4.69) is 19.2 Å². The van der Waals surface area contributed by atoms with Crippen LogP contribution in [0.15, 0.2) is 12.1 Å². The Labute approximate surface area is 125 Å². The number of nitrogens with two attached hydrogens (primary N) is 1. The van der Waals surface area contributed by atoms with Gasteiger partial charge in [0, 0.05) is 6.42 Å². The summed E-state index contributed by atoms with van der Waals surface area (Å²) in [5, 5.41) is 12.0. The van der Waals surface area contributed by atoms with Gasteiger partial charge in [-0.3, -0.25) is 4.79 Å². The van der Waals surface area contributed by atoms with Gasteiger partial charge in [-0.2, -0.15) is 0 Å². The molecule has 0 aromatic heterocycles. The Morgan fingerprint density at radius 1 is 1.33 bits per heavy atom. The van der Waals surface area contributed by atoms with E-state index >= 15 is 0 Å². The molecule has 0 heterocycles. The summed E-state index contributed by atoms with van der Waals surface area (Å²) in [5.74, 6) is -0.578. The van der Waals surface area contributed by atoms with Crippen LogP contribution < -0.4 is 11.1 Å². The van der Waals surface area contributed by atoms with E-state index in [1.54, 1.807) is 0 Å². The highest BCUT2D eigenvalue weighted by molar-refractivity contribution is 5.99. The molecule has 0 radical (unpaired) electrons. The largest absolute Gasteiger partial charge is 0.478 e.